The highest BCUT2D eigenvalue weighted by atomic mass is 15.4. The van der Waals surface area contributed by atoms with Gasteiger partial charge in [-0.15, -0.1) is 0 Å². The quantitative estimate of drug-likeness (QED) is 0.725. The molecule has 28 heavy (non-hydrogen) atoms. The predicted molar refractivity (Wildman–Crippen MR) is 116 cm³/mol. The molecule has 6 rings (SSSR count). The molecule has 2 saturated heterocycles. The van der Waals surface area contributed by atoms with Gasteiger partial charge in [-0.1, -0.05) is 54.6 Å². The molecular formula is C25H27N3. The Morgan fingerprint density at radius 1 is 0.857 bits per heavy atom. The smallest absolute Gasteiger partial charge is 0.0689 e. The fourth-order valence-corrected chi connectivity index (χ4v) is 5.88. The topological polar surface area (TPSA) is 18.5 Å². The third kappa shape index (κ3) is 2.43. The molecule has 1 spiro atoms. The first-order valence-electron chi connectivity index (χ1n) is 10.6. The van der Waals surface area contributed by atoms with E-state index in [-0.39, 0.29) is 5.54 Å². The van der Waals surface area contributed by atoms with E-state index in [9.17, 15) is 0 Å². The summed E-state index contributed by atoms with van der Waals surface area (Å²) in [6.07, 6.45) is 3.64. The summed E-state index contributed by atoms with van der Waals surface area (Å²) < 4.78 is 0. The zero-order valence-electron chi connectivity index (χ0n) is 16.3. The van der Waals surface area contributed by atoms with E-state index < -0.39 is 0 Å². The summed E-state index contributed by atoms with van der Waals surface area (Å²) in [6, 6.07) is 25.2. The van der Waals surface area contributed by atoms with Crippen molar-refractivity contribution in [1.82, 2.24) is 10.2 Å². The van der Waals surface area contributed by atoms with Gasteiger partial charge in [0, 0.05) is 31.4 Å². The Hall–Kier alpha value is -2.36. The molecule has 3 nitrogen and oxygen atoms in total. The van der Waals surface area contributed by atoms with Crippen LogP contribution in [0.25, 0.3) is 10.8 Å². The Kier molecular flexibility index (Phi) is 3.75. The van der Waals surface area contributed by atoms with E-state index in [2.05, 4.69) is 81.8 Å². The molecule has 1 N–H and O–H groups in total. The van der Waals surface area contributed by atoms with Crippen molar-refractivity contribution in [2.24, 2.45) is 0 Å². The van der Waals surface area contributed by atoms with Crippen molar-refractivity contribution in [2.75, 3.05) is 31.2 Å². The van der Waals surface area contributed by atoms with E-state index in [1.54, 1.807) is 5.56 Å². The van der Waals surface area contributed by atoms with Crippen LogP contribution in [0.5, 0.6) is 0 Å². The number of rotatable bonds is 2. The monoisotopic (exact) mass is 369 g/mol. The number of anilines is 1. The van der Waals surface area contributed by atoms with Crippen molar-refractivity contribution in [3.05, 3.63) is 77.9 Å². The highest BCUT2D eigenvalue weighted by molar-refractivity contribution is 5.91. The summed E-state index contributed by atoms with van der Waals surface area (Å²) in [7, 11) is 0. The fourth-order valence-electron chi connectivity index (χ4n) is 5.88. The van der Waals surface area contributed by atoms with E-state index in [0.29, 0.717) is 6.04 Å². The Bertz CT molecular complexity index is 999. The van der Waals surface area contributed by atoms with E-state index in [1.165, 1.54) is 54.4 Å². The van der Waals surface area contributed by atoms with Gasteiger partial charge in [0.1, 0.15) is 0 Å². The third-order valence-electron chi connectivity index (χ3n) is 7.33. The van der Waals surface area contributed by atoms with Crippen LogP contribution in [0.2, 0.25) is 0 Å². The molecule has 3 aliphatic rings. The maximum Gasteiger partial charge on any atom is 0.0689 e. The van der Waals surface area contributed by atoms with Gasteiger partial charge >= 0.3 is 0 Å². The zero-order valence-corrected chi connectivity index (χ0v) is 16.3. The minimum Gasteiger partial charge on any atom is -0.352 e. The molecule has 0 radical (unpaired) electrons. The number of nitrogens with zero attached hydrogens (tertiary/aromatic N) is 2. The molecule has 1 aliphatic carbocycles. The lowest BCUT2D eigenvalue weighted by Crippen LogP contribution is -2.54. The summed E-state index contributed by atoms with van der Waals surface area (Å²) in [6.45, 7) is 4.44. The number of para-hydroxylation sites is 1. The van der Waals surface area contributed by atoms with Gasteiger partial charge in [-0.3, -0.25) is 10.2 Å². The molecule has 3 heteroatoms. The standard InChI is InChI=1S/C25H27N3/c1-2-9-21(10-3-1)28-18-26-17-25(28)12-14-27(15-13-25)23-16-20-8-4-6-19-7-5-11-22(23)24(19)20/h1-11,23,26H,12-18H2. The average Bonchev–Trinajstić information content (AvgIpc) is 3.33. The van der Waals surface area contributed by atoms with Gasteiger partial charge in [-0.2, -0.15) is 0 Å². The first kappa shape index (κ1) is 16.6. The van der Waals surface area contributed by atoms with Gasteiger partial charge in [-0.05, 0) is 53.3 Å². The maximum atomic E-state index is 3.65. The molecule has 3 aromatic rings. The molecule has 1 unspecified atom stereocenters. The molecule has 3 aromatic carbocycles. The first-order chi connectivity index (χ1) is 13.8. The minimum atomic E-state index is 0.273. The van der Waals surface area contributed by atoms with Crippen LogP contribution in [0.1, 0.15) is 30.0 Å². The first-order valence-corrected chi connectivity index (χ1v) is 10.6. The van der Waals surface area contributed by atoms with Crippen LogP contribution in [-0.4, -0.2) is 36.7 Å². The van der Waals surface area contributed by atoms with E-state index in [4.69, 9.17) is 0 Å². The van der Waals surface area contributed by atoms with E-state index in [1.807, 2.05) is 0 Å². The molecule has 0 amide bonds. The van der Waals surface area contributed by atoms with Gasteiger partial charge in [0.05, 0.1) is 12.2 Å². The van der Waals surface area contributed by atoms with Gasteiger partial charge in [0.25, 0.3) is 0 Å². The van der Waals surface area contributed by atoms with Crippen molar-refractivity contribution in [1.29, 1.82) is 0 Å². The highest BCUT2D eigenvalue weighted by Gasteiger charge is 2.44. The van der Waals surface area contributed by atoms with Crippen molar-refractivity contribution < 1.29 is 0 Å². The Balaban J connectivity index is 1.25. The van der Waals surface area contributed by atoms with Gasteiger partial charge in [0.2, 0.25) is 0 Å². The van der Waals surface area contributed by atoms with E-state index in [0.717, 1.165) is 13.2 Å². The summed E-state index contributed by atoms with van der Waals surface area (Å²) in [5.41, 5.74) is 4.72. The molecule has 0 bridgehead atoms. The largest absolute Gasteiger partial charge is 0.352 e. The number of likely N-dealkylation sites (tertiary alicyclic amines) is 1. The van der Waals surface area contributed by atoms with Crippen molar-refractivity contribution in [3.8, 4) is 0 Å². The molecule has 2 heterocycles. The Morgan fingerprint density at radius 3 is 2.46 bits per heavy atom. The van der Waals surface area contributed by atoms with Gasteiger partial charge in [-0.25, -0.2) is 0 Å². The molecule has 1 atom stereocenters. The second-order valence-corrected chi connectivity index (χ2v) is 8.69. The second-order valence-electron chi connectivity index (χ2n) is 8.69. The zero-order chi connectivity index (χ0) is 18.6. The second kappa shape index (κ2) is 6.33. The lowest BCUT2D eigenvalue weighted by Gasteiger charge is -2.47. The van der Waals surface area contributed by atoms with Crippen LogP contribution in [0.4, 0.5) is 5.69 Å². The number of hydrogen-bond donors (Lipinski definition) is 1. The predicted octanol–water partition coefficient (Wildman–Crippen LogP) is 4.34. The van der Waals surface area contributed by atoms with Crippen LogP contribution >= 0.6 is 0 Å². The maximum absolute atomic E-state index is 3.65. The van der Waals surface area contributed by atoms with Crippen LogP contribution in [0, 0.1) is 0 Å². The molecule has 142 valence electrons. The number of hydrogen-bond acceptors (Lipinski definition) is 3. The lowest BCUT2D eigenvalue weighted by molar-refractivity contribution is 0.124. The van der Waals surface area contributed by atoms with Crippen molar-refractivity contribution in [3.63, 3.8) is 0 Å². The van der Waals surface area contributed by atoms with Gasteiger partial charge < -0.3 is 4.90 Å². The summed E-state index contributed by atoms with van der Waals surface area (Å²) in [5, 5.41) is 6.57. The van der Waals surface area contributed by atoms with Gasteiger partial charge in [0.15, 0.2) is 0 Å². The Labute approximate surface area is 167 Å². The number of benzene rings is 3. The van der Waals surface area contributed by atoms with Crippen molar-refractivity contribution in [2.45, 2.75) is 30.8 Å². The summed E-state index contributed by atoms with van der Waals surface area (Å²) in [4.78, 5) is 5.37. The molecule has 0 aromatic heterocycles. The average molecular weight is 370 g/mol. The van der Waals surface area contributed by atoms with Crippen LogP contribution < -0.4 is 10.2 Å². The fraction of sp³-hybridized carbons (Fsp3) is 0.360. The highest BCUT2D eigenvalue weighted by Crippen LogP contribution is 2.43. The third-order valence-corrected chi connectivity index (χ3v) is 7.33. The Morgan fingerprint density at radius 2 is 1.64 bits per heavy atom. The van der Waals surface area contributed by atoms with Crippen LogP contribution in [-0.2, 0) is 6.42 Å². The number of piperidine rings is 1. The molecule has 0 saturated carbocycles. The molecule has 2 aliphatic heterocycles. The lowest BCUT2D eigenvalue weighted by atomic mass is 9.85. The summed E-state index contributed by atoms with van der Waals surface area (Å²) in [5.74, 6) is 0. The molecular weight excluding hydrogens is 342 g/mol. The van der Waals surface area contributed by atoms with Crippen LogP contribution in [0.15, 0.2) is 66.7 Å². The van der Waals surface area contributed by atoms with Crippen LogP contribution in [0.3, 0.4) is 0 Å². The SMILES string of the molecule is c1ccc(N2CNCC23CCN(C2Cc4cccc5cccc2c45)CC3)cc1. The summed E-state index contributed by atoms with van der Waals surface area (Å²) >= 11 is 0. The van der Waals surface area contributed by atoms with Crippen molar-refractivity contribution >= 4 is 16.5 Å². The minimum absolute atomic E-state index is 0.273. The van der Waals surface area contributed by atoms with E-state index >= 15 is 0 Å². The molecule has 2 fully saturated rings. The number of nitrogens with one attached hydrogen (secondary N) is 1. The normalized spacial score (nSPS) is 23.7.